The molecule has 3 nitrogen and oxygen atoms in total. The molecular weight excluding hydrogens is 346 g/mol. The molecule has 0 amide bonds. The summed E-state index contributed by atoms with van der Waals surface area (Å²) >= 11 is 0. The van der Waals surface area contributed by atoms with E-state index in [9.17, 15) is 4.79 Å². The van der Waals surface area contributed by atoms with E-state index < -0.39 is 0 Å². The van der Waals surface area contributed by atoms with Crippen molar-refractivity contribution >= 4 is 5.97 Å². The molecule has 1 N–H and O–H groups in total. The van der Waals surface area contributed by atoms with Crippen molar-refractivity contribution in [3.63, 3.8) is 0 Å². The van der Waals surface area contributed by atoms with Crippen molar-refractivity contribution in [1.29, 1.82) is 0 Å². The first-order valence-corrected chi connectivity index (χ1v) is 10.6. The molecule has 3 rings (SSSR count). The van der Waals surface area contributed by atoms with Crippen LogP contribution in [-0.4, -0.2) is 18.6 Å². The maximum absolute atomic E-state index is 12.7. The Hall–Kier alpha value is -2.13. The number of rotatable bonds is 7. The van der Waals surface area contributed by atoms with Crippen LogP contribution in [-0.2, 0) is 9.53 Å². The van der Waals surface area contributed by atoms with Crippen LogP contribution in [0.25, 0.3) is 0 Å². The Morgan fingerprint density at radius 1 is 1.00 bits per heavy atom. The topological polar surface area (TPSA) is 38.3 Å². The highest BCUT2D eigenvalue weighted by Gasteiger charge is 2.33. The molecule has 1 saturated carbocycles. The van der Waals surface area contributed by atoms with Gasteiger partial charge >= 0.3 is 5.97 Å². The van der Waals surface area contributed by atoms with Gasteiger partial charge in [0.25, 0.3) is 0 Å². The first kappa shape index (κ1) is 20.6. The molecule has 0 heterocycles. The van der Waals surface area contributed by atoms with Crippen molar-refractivity contribution < 1.29 is 9.53 Å². The van der Waals surface area contributed by atoms with Gasteiger partial charge in [-0.2, -0.15) is 0 Å². The molecule has 28 heavy (non-hydrogen) atoms. The van der Waals surface area contributed by atoms with Crippen LogP contribution in [0.5, 0.6) is 0 Å². The Balaban J connectivity index is 1.65. The predicted octanol–water partition coefficient (Wildman–Crippen LogP) is 5.37. The monoisotopic (exact) mass is 379 g/mol. The van der Waals surface area contributed by atoms with Crippen molar-refractivity contribution in [2.24, 2.45) is 17.8 Å². The Kier molecular flexibility index (Phi) is 7.27. The number of nitrogens with one attached hydrogen (secondary N) is 1. The molecule has 0 spiro atoms. The lowest BCUT2D eigenvalue weighted by Crippen LogP contribution is -2.38. The lowest BCUT2D eigenvalue weighted by Gasteiger charge is -2.36. The second-order valence-corrected chi connectivity index (χ2v) is 8.49. The molecular formula is C25H33NO2. The summed E-state index contributed by atoms with van der Waals surface area (Å²) in [5.74, 6) is 1.49. The minimum Gasteiger partial charge on any atom is -0.461 e. The normalized spacial score (nSPS) is 22.4. The summed E-state index contributed by atoms with van der Waals surface area (Å²) < 4.78 is 5.96. The largest absolute Gasteiger partial charge is 0.461 e. The molecule has 0 aliphatic heterocycles. The van der Waals surface area contributed by atoms with Gasteiger partial charge in [0, 0.05) is 0 Å². The molecule has 3 atom stereocenters. The van der Waals surface area contributed by atoms with Gasteiger partial charge in [0.15, 0.2) is 0 Å². The lowest BCUT2D eigenvalue weighted by atomic mass is 9.75. The number of carbonyl (C=O) groups excluding carboxylic acids is 1. The average Bonchev–Trinajstić information content (AvgIpc) is 2.69. The molecule has 3 unspecified atom stereocenters. The zero-order valence-electron chi connectivity index (χ0n) is 17.3. The van der Waals surface area contributed by atoms with Gasteiger partial charge in [-0.3, -0.25) is 10.1 Å². The van der Waals surface area contributed by atoms with Crippen molar-refractivity contribution in [3.05, 3.63) is 71.8 Å². The van der Waals surface area contributed by atoms with E-state index in [1.807, 2.05) is 36.4 Å². The molecule has 0 saturated heterocycles. The van der Waals surface area contributed by atoms with E-state index in [1.165, 1.54) is 6.42 Å². The van der Waals surface area contributed by atoms with Gasteiger partial charge in [0.1, 0.15) is 6.10 Å². The van der Waals surface area contributed by atoms with E-state index in [1.54, 1.807) is 0 Å². The van der Waals surface area contributed by atoms with Crippen LogP contribution in [0.15, 0.2) is 60.7 Å². The summed E-state index contributed by atoms with van der Waals surface area (Å²) in [6.45, 7) is 6.95. The Labute approximate surface area is 169 Å². The second-order valence-electron chi connectivity index (χ2n) is 8.49. The first-order chi connectivity index (χ1) is 13.5. The Morgan fingerprint density at radius 3 is 2.11 bits per heavy atom. The Bertz CT molecular complexity index is 689. The zero-order chi connectivity index (χ0) is 19.9. The number of benzene rings is 2. The fraction of sp³-hybridized carbons (Fsp3) is 0.480. The fourth-order valence-corrected chi connectivity index (χ4v) is 4.37. The van der Waals surface area contributed by atoms with Crippen molar-refractivity contribution in [1.82, 2.24) is 5.32 Å². The average molecular weight is 380 g/mol. The second kappa shape index (κ2) is 9.88. The van der Waals surface area contributed by atoms with E-state index in [0.717, 1.165) is 24.0 Å². The molecule has 2 aromatic carbocycles. The predicted molar refractivity (Wildman–Crippen MR) is 114 cm³/mol. The lowest BCUT2D eigenvalue weighted by molar-refractivity contribution is -0.154. The number of ether oxygens (including phenoxy) is 1. The SMILES string of the molecule is CC1CCC(C(C)C)C(OC(=O)CNC(c2ccccc2)c2ccccc2)C1. The molecule has 2 aromatic rings. The fourth-order valence-electron chi connectivity index (χ4n) is 4.37. The van der Waals surface area contributed by atoms with Crippen LogP contribution < -0.4 is 5.32 Å². The van der Waals surface area contributed by atoms with Gasteiger partial charge in [-0.15, -0.1) is 0 Å². The van der Waals surface area contributed by atoms with Crippen LogP contribution in [0.4, 0.5) is 0 Å². The van der Waals surface area contributed by atoms with Crippen LogP contribution in [0, 0.1) is 17.8 Å². The molecule has 1 aliphatic rings. The smallest absolute Gasteiger partial charge is 0.320 e. The summed E-state index contributed by atoms with van der Waals surface area (Å²) in [5, 5.41) is 3.42. The van der Waals surface area contributed by atoms with E-state index >= 15 is 0 Å². The zero-order valence-corrected chi connectivity index (χ0v) is 17.3. The molecule has 0 aromatic heterocycles. The van der Waals surface area contributed by atoms with Crippen LogP contribution in [0.2, 0.25) is 0 Å². The quantitative estimate of drug-likeness (QED) is 0.657. The van der Waals surface area contributed by atoms with Crippen LogP contribution >= 0.6 is 0 Å². The summed E-state index contributed by atoms with van der Waals surface area (Å²) in [4.78, 5) is 12.7. The summed E-state index contributed by atoms with van der Waals surface area (Å²) in [6.07, 6.45) is 3.42. The van der Waals surface area contributed by atoms with Gasteiger partial charge in [-0.25, -0.2) is 0 Å². The van der Waals surface area contributed by atoms with Crippen LogP contribution in [0.1, 0.15) is 57.2 Å². The molecule has 0 bridgehead atoms. The Morgan fingerprint density at radius 2 is 1.57 bits per heavy atom. The molecule has 150 valence electrons. The van der Waals surface area contributed by atoms with E-state index in [2.05, 4.69) is 50.4 Å². The molecule has 1 aliphatic carbocycles. The summed E-state index contributed by atoms with van der Waals surface area (Å²) in [6, 6.07) is 20.5. The van der Waals surface area contributed by atoms with Crippen molar-refractivity contribution in [2.75, 3.05) is 6.54 Å². The van der Waals surface area contributed by atoms with Gasteiger partial charge < -0.3 is 4.74 Å². The number of carbonyl (C=O) groups is 1. The maximum atomic E-state index is 12.7. The van der Waals surface area contributed by atoms with Crippen LogP contribution in [0.3, 0.4) is 0 Å². The maximum Gasteiger partial charge on any atom is 0.320 e. The van der Waals surface area contributed by atoms with Gasteiger partial charge in [-0.05, 0) is 41.7 Å². The molecule has 3 heteroatoms. The molecule has 0 radical (unpaired) electrons. The summed E-state index contributed by atoms with van der Waals surface area (Å²) in [5.41, 5.74) is 2.29. The minimum atomic E-state index is -0.151. The molecule has 1 fully saturated rings. The highest BCUT2D eigenvalue weighted by molar-refractivity contribution is 5.72. The number of hydrogen-bond acceptors (Lipinski definition) is 3. The third kappa shape index (κ3) is 5.45. The highest BCUT2D eigenvalue weighted by Crippen LogP contribution is 2.35. The van der Waals surface area contributed by atoms with Crippen molar-refractivity contribution in [2.45, 2.75) is 52.2 Å². The van der Waals surface area contributed by atoms with E-state index in [0.29, 0.717) is 17.8 Å². The van der Waals surface area contributed by atoms with Gasteiger partial charge in [-0.1, -0.05) is 87.9 Å². The van der Waals surface area contributed by atoms with Gasteiger partial charge in [0.2, 0.25) is 0 Å². The van der Waals surface area contributed by atoms with Gasteiger partial charge in [0.05, 0.1) is 12.6 Å². The van der Waals surface area contributed by atoms with E-state index in [-0.39, 0.29) is 24.7 Å². The highest BCUT2D eigenvalue weighted by atomic mass is 16.5. The van der Waals surface area contributed by atoms with Crippen molar-refractivity contribution in [3.8, 4) is 0 Å². The number of hydrogen-bond donors (Lipinski definition) is 1. The first-order valence-electron chi connectivity index (χ1n) is 10.6. The third-order valence-electron chi connectivity index (χ3n) is 5.96. The summed E-state index contributed by atoms with van der Waals surface area (Å²) in [7, 11) is 0. The standard InChI is InChI=1S/C25H33NO2/c1-18(2)22-15-14-19(3)16-23(22)28-24(27)17-26-25(20-10-6-4-7-11-20)21-12-8-5-9-13-21/h4-13,18-19,22-23,25-26H,14-17H2,1-3H3. The minimum absolute atomic E-state index is 0.0267. The third-order valence-corrected chi connectivity index (χ3v) is 5.96. The number of esters is 1. The van der Waals surface area contributed by atoms with E-state index in [4.69, 9.17) is 4.74 Å².